The van der Waals surface area contributed by atoms with E-state index in [9.17, 15) is 0 Å². The number of hydrogen-bond donors (Lipinski definition) is 1. The minimum atomic E-state index is 0.285. The van der Waals surface area contributed by atoms with Crippen LogP contribution in [-0.2, 0) is 0 Å². The third kappa shape index (κ3) is 3.00. The zero-order valence-corrected chi connectivity index (χ0v) is 11.2. The minimum absolute atomic E-state index is 0.285. The number of anilines is 2. The fourth-order valence-corrected chi connectivity index (χ4v) is 2.44. The molecule has 1 aromatic heterocycles. The largest absolute Gasteiger partial charge is 0.368 e. The molecule has 2 N–H and O–H groups in total. The van der Waals surface area contributed by atoms with E-state index in [1.54, 1.807) is 6.20 Å². The standard InChI is InChI=1S/C12H19ClN4/c1-12(2)4-3-6-17(7-5-12)10-9(13)8-15-11(14)16-10/h8H,3-7H2,1-2H3,(H2,14,15,16). The van der Waals surface area contributed by atoms with E-state index in [1.807, 2.05) is 0 Å². The maximum atomic E-state index is 6.13. The zero-order valence-electron chi connectivity index (χ0n) is 10.4. The van der Waals surface area contributed by atoms with Crippen LogP contribution in [0.5, 0.6) is 0 Å². The predicted molar refractivity (Wildman–Crippen MR) is 71.3 cm³/mol. The van der Waals surface area contributed by atoms with Crippen molar-refractivity contribution in [1.82, 2.24) is 9.97 Å². The van der Waals surface area contributed by atoms with E-state index >= 15 is 0 Å². The molecule has 1 aliphatic rings. The molecule has 5 heteroatoms. The van der Waals surface area contributed by atoms with E-state index in [0.717, 1.165) is 31.7 Å². The summed E-state index contributed by atoms with van der Waals surface area (Å²) in [5.74, 6) is 1.06. The van der Waals surface area contributed by atoms with Gasteiger partial charge in [-0.1, -0.05) is 25.4 Å². The maximum Gasteiger partial charge on any atom is 0.222 e. The summed E-state index contributed by atoms with van der Waals surface area (Å²) in [5.41, 5.74) is 6.02. The Morgan fingerprint density at radius 1 is 1.35 bits per heavy atom. The normalized spacial score (nSPS) is 20.1. The van der Waals surface area contributed by atoms with Crippen LogP contribution in [0.3, 0.4) is 0 Å². The van der Waals surface area contributed by atoms with Crippen molar-refractivity contribution in [2.24, 2.45) is 5.41 Å². The Hall–Kier alpha value is -1.03. The molecule has 17 heavy (non-hydrogen) atoms. The molecule has 4 nitrogen and oxygen atoms in total. The number of nitrogens with two attached hydrogens (primary N) is 1. The molecule has 2 rings (SSSR count). The lowest BCUT2D eigenvalue weighted by Gasteiger charge is -2.24. The first-order valence-electron chi connectivity index (χ1n) is 6.01. The summed E-state index contributed by atoms with van der Waals surface area (Å²) in [6, 6.07) is 0. The summed E-state index contributed by atoms with van der Waals surface area (Å²) in [6.45, 7) is 6.58. The van der Waals surface area contributed by atoms with E-state index < -0.39 is 0 Å². The minimum Gasteiger partial charge on any atom is -0.368 e. The Balaban J connectivity index is 2.19. The third-order valence-corrected chi connectivity index (χ3v) is 3.65. The first-order valence-corrected chi connectivity index (χ1v) is 6.39. The lowest BCUT2D eigenvalue weighted by molar-refractivity contribution is 0.325. The molecular weight excluding hydrogens is 236 g/mol. The number of nitrogen functional groups attached to an aromatic ring is 1. The molecule has 0 spiro atoms. The van der Waals surface area contributed by atoms with Crippen LogP contribution < -0.4 is 10.6 Å². The van der Waals surface area contributed by atoms with Crippen LogP contribution in [-0.4, -0.2) is 23.1 Å². The number of aromatic nitrogens is 2. The van der Waals surface area contributed by atoms with Gasteiger partial charge in [-0.2, -0.15) is 4.98 Å². The van der Waals surface area contributed by atoms with Gasteiger partial charge in [0.15, 0.2) is 5.82 Å². The first kappa shape index (κ1) is 12.4. The van der Waals surface area contributed by atoms with Gasteiger partial charge in [-0.25, -0.2) is 4.98 Å². The number of rotatable bonds is 1. The molecule has 0 radical (unpaired) electrons. The quantitative estimate of drug-likeness (QED) is 0.837. The van der Waals surface area contributed by atoms with Crippen LogP contribution in [0.2, 0.25) is 5.02 Å². The lowest BCUT2D eigenvalue weighted by Crippen LogP contribution is -2.26. The van der Waals surface area contributed by atoms with Crippen molar-refractivity contribution in [3.63, 3.8) is 0 Å². The van der Waals surface area contributed by atoms with Gasteiger partial charge in [-0.05, 0) is 24.7 Å². The van der Waals surface area contributed by atoms with Crippen LogP contribution in [0, 0.1) is 5.41 Å². The average molecular weight is 255 g/mol. The zero-order chi connectivity index (χ0) is 12.5. The molecule has 94 valence electrons. The third-order valence-electron chi connectivity index (χ3n) is 3.38. The van der Waals surface area contributed by atoms with Crippen LogP contribution in [0.4, 0.5) is 11.8 Å². The van der Waals surface area contributed by atoms with Gasteiger partial charge < -0.3 is 10.6 Å². The summed E-state index contributed by atoms with van der Waals surface area (Å²) < 4.78 is 0. The highest BCUT2D eigenvalue weighted by Gasteiger charge is 2.24. The fourth-order valence-electron chi connectivity index (χ4n) is 2.23. The molecule has 0 atom stereocenters. The molecule has 1 aromatic rings. The predicted octanol–water partition coefficient (Wildman–Crippen LogP) is 2.73. The van der Waals surface area contributed by atoms with Crippen molar-refractivity contribution in [3.05, 3.63) is 11.2 Å². The summed E-state index contributed by atoms with van der Waals surface area (Å²) >= 11 is 6.13. The van der Waals surface area contributed by atoms with Crippen molar-refractivity contribution >= 4 is 23.4 Å². The van der Waals surface area contributed by atoms with E-state index in [4.69, 9.17) is 17.3 Å². The summed E-state index contributed by atoms with van der Waals surface area (Å²) in [5, 5.41) is 0.582. The Morgan fingerprint density at radius 2 is 2.12 bits per heavy atom. The molecule has 0 saturated carbocycles. The second kappa shape index (κ2) is 4.69. The van der Waals surface area contributed by atoms with Gasteiger partial charge in [0.1, 0.15) is 5.02 Å². The Morgan fingerprint density at radius 3 is 2.88 bits per heavy atom. The smallest absolute Gasteiger partial charge is 0.222 e. The van der Waals surface area contributed by atoms with Crippen LogP contribution in [0.15, 0.2) is 6.20 Å². The summed E-state index contributed by atoms with van der Waals surface area (Å²) in [4.78, 5) is 10.4. The van der Waals surface area contributed by atoms with Gasteiger partial charge in [-0.3, -0.25) is 0 Å². The van der Waals surface area contributed by atoms with Crippen molar-refractivity contribution in [2.45, 2.75) is 33.1 Å². The highest BCUT2D eigenvalue weighted by molar-refractivity contribution is 6.32. The number of nitrogens with zero attached hydrogens (tertiary/aromatic N) is 3. The Kier molecular flexibility index (Phi) is 3.43. The fraction of sp³-hybridized carbons (Fsp3) is 0.667. The number of hydrogen-bond acceptors (Lipinski definition) is 4. The molecule has 1 aliphatic heterocycles. The van der Waals surface area contributed by atoms with Gasteiger partial charge in [0.25, 0.3) is 0 Å². The van der Waals surface area contributed by atoms with Crippen LogP contribution in [0.25, 0.3) is 0 Å². The van der Waals surface area contributed by atoms with E-state index in [0.29, 0.717) is 10.4 Å². The first-order chi connectivity index (χ1) is 7.98. The molecular formula is C12H19ClN4. The van der Waals surface area contributed by atoms with Gasteiger partial charge in [0.2, 0.25) is 5.95 Å². The Labute approximate surface area is 107 Å². The topological polar surface area (TPSA) is 55.0 Å². The van der Waals surface area contributed by atoms with Gasteiger partial charge in [0.05, 0.1) is 6.20 Å². The number of halogens is 1. The van der Waals surface area contributed by atoms with Crippen molar-refractivity contribution in [1.29, 1.82) is 0 Å². The average Bonchev–Trinajstić information content (AvgIpc) is 2.43. The highest BCUT2D eigenvalue weighted by Crippen LogP contribution is 2.33. The van der Waals surface area contributed by atoms with E-state index in [-0.39, 0.29) is 5.95 Å². The van der Waals surface area contributed by atoms with Gasteiger partial charge in [-0.15, -0.1) is 0 Å². The van der Waals surface area contributed by atoms with Gasteiger partial charge in [0, 0.05) is 13.1 Å². The van der Waals surface area contributed by atoms with Crippen molar-refractivity contribution in [3.8, 4) is 0 Å². The van der Waals surface area contributed by atoms with Gasteiger partial charge >= 0.3 is 0 Å². The lowest BCUT2D eigenvalue weighted by atomic mass is 9.85. The molecule has 0 aliphatic carbocycles. The van der Waals surface area contributed by atoms with E-state index in [2.05, 4.69) is 28.7 Å². The highest BCUT2D eigenvalue weighted by atomic mass is 35.5. The second-order valence-electron chi connectivity index (χ2n) is 5.40. The second-order valence-corrected chi connectivity index (χ2v) is 5.81. The molecule has 1 fully saturated rings. The molecule has 0 unspecified atom stereocenters. The van der Waals surface area contributed by atoms with Crippen molar-refractivity contribution in [2.75, 3.05) is 23.7 Å². The van der Waals surface area contributed by atoms with Crippen LogP contribution in [0.1, 0.15) is 33.1 Å². The summed E-state index contributed by atoms with van der Waals surface area (Å²) in [7, 11) is 0. The molecule has 1 saturated heterocycles. The maximum absolute atomic E-state index is 6.13. The monoisotopic (exact) mass is 254 g/mol. The van der Waals surface area contributed by atoms with E-state index in [1.165, 1.54) is 6.42 Å². The molecule has 0 amide bonds. The summed E-state index contributed by atoms with van der Waals surface area (Å²) in [6.07, 6.45) is 5.12. The van der Waals surface area contributed by atoms with Crippen molar-refractivity contribution < 1.29 is 0 Å². The molecule has 2 heterocycles. The molecule has 0 bridgehead atoms. The SMILES string of the molecule is CC1(C)CCCN(c2nc(N)ncc2Cl)CC1. The Bertz CT molecular complexity index is 405. The molecule has 0 aromatic carbocycles. The van der Waals surface area contributed by atoms with Crippen LogP contribution >= 0.6 is 11.6 Å².